The first kappa shape index (κ1) is 13.1. The van der Waals surface area contributed by atoms with Crippen molar-refractivity contribution in [3.8, 4) is 0 Å². The smallest absolute Gasteiger partial charge is 0.269 e. The van der Waals surface area contributed by atoms with Crippen LogP contribution in [0.4, 0.5) is 5.69 Å². The van der Waals surface area contributed by atoms with Gasteiger partial charge in [-0.05, 0) is 24.6 Å². The molecule has 0 saturated carbocycles. The second-order valence-corrected chi connectivity index (χ2v) is 4.29. The standard InChI is InChI=1S/C15H17N3O/c1-11(12-6-4-3-5-7-12)18-13-8-9-17-14(10-13)15(19)16-2/h3-11H,1-2H3,(H,16,19)(H,17,18). The first-order chi connectivity index (χ1) is 9.20. The van der Waals surface area contributed by atoms with E-state index in [0.717, 1.165) is 5.69 Å². The zero-order valence-corrected chi connectivity index (χ0v) is 11.1. The number of anilines is 1. The van der Waals surface area contributed by atoms with Crippen LogP contribution in [0.25, 0.3) is 0 Å². The molecule has 0 radical (unpaired) electrons. The highest BCUT2D eigenvalue weighted by atomic mass is 16.1. The Bertz CT molecular complexity index is 554. The molecule has 4 heteroatoms. The van der Waals surface area contributed by atoms with E-state index in [9.17, 15) is 4.79 Å². The predicted molar refractivity (Wildman–Crippen MR) is 76.1 cm³/mol. The molecule has 2 aromatic rings. The van der Waals surface area contributed by atoms with E-state index in [4.69, 9.17) is 0 Å². The Morgan fingerprint density at radius 2 is 1.95 bits per heavy atom. The van der Waals surface area contributed by atoms with Gasteiger partial charge in [0.15, 0.2) is 0 Å². The van der Waals surface area contributed by atoms with E-state index in [-0.39, 0.29) is 11.9 Å². The minimum atomic E-state index is -0.184. The molecule has 1 aromatic heterocycles. The minimum Gasteiger partial charge on any atom is -0.378 e. The van der Waals surface area contributed by atoms with Crippen molar-refractivity contribution >= 4 is 11.6 Å². The summed E-state index contributed by atoms with van der Waals surface area (Å²) in [6, 6.07) is 13.9. The van der Waals surface area contributed by atoms with Crippen molar-refractivity contribution < 1.29 is 4.79 Å². The molecule has 2 N–H and O–H groups in total. The Morgan fingerprint density at radius 3 is 2.63 bits per heavy atom. The van der Waals surface area contributed by atoms with Gasteiger partial charge in [0, 0.05) is 25.0 Å². The van der Waals surface area contributed by atoms with E-state index in [1.165, 1.54) is 5.56 Å². The Hall–Kier alpha value is -2.36. The molecule has 0 bridgehead atoms. The summed E-state index contributed by atoms with van der Waals surface area (Å²) in [6.07, 6.45) is 1.63. The highest BCUT2D eigenvalue weighted by Crippen LogP contribution is 2.18. The Balaban J connectivity index is 2.13. The molecule has 0 aliphatic carbocycles. The fourth-order valence-electron chi connectivity index (χ4n) is 1.85. The van der Waals surface area contributed by atoms with Crippen molar-refractivity contribution in [3.63, 3.8) is 0 Å². The molecule has 0 saturated heterocycles. The topological polar surface area (TPSA) is 54.0 Å². The van der Waals surface area contributed by atoms with Gasteiger partial charge in [-0.3, -0.25) is 9.78 Å². The molecule has 1 unspecified atom stereocenters. The maximum atomic E-state index is 11.5. The van der Waals surface area contributed by atoms with E-state index in [1.807, 2.05) is 24.3 Å². The summed E-state index contributed by atoms with van der Waals surface area (Å²) < 4.78 is 0. The first-order valence-electron chi connectivity index (χ1n) is 6.20. The highest BCUT2D eigenvalue weighted by Gasteiger charge is 2.08. The van der Waals surface area contributed by atoms with Crippen LogP contribution < -0.4 is 10.6 Å². The fraction of sp³-hybridized carbons (Fsp3) is 0.200. The summed E-state index contributed by atoms with van der Waals surface area (Å²) >= 11 is 0. The number of benzene rings is 1. The lowest BCUT2D eigenvalue weighted by atomic mass is 10.1. The van der Waals surface area contributed by atoms with Gasteiger partial charge in [-0.1, -0.05) is 30.3 Å². The molecule has 0 aliphatic heterocycles. The van der Waals surface area contributed by atoms with E-state index < -0.39 is 0 Å². The molecule has 0 fully saturated rings. The van der Waals surface area contributed by atoms with Crippen LogP contribution in [0.5, 0.6) is 0 Å². The van der Waals surface area contributed by atoms with Gasteiger partial charge in [0.05, 0.1) is 0 Å². The molecule has 1 atom stereocenters. The van der Waals surface area contributed by atoms with Crippen LogP contribution in [0, 0.1) is 0 Å². The number of aromatic nitrogens is 1. The lowest BCUT2D eigenvalue weighted by Gasteiger charge is -2.15. The summed E-state index contributed by atoms with van der Waals surface area (Å²) in [7, 11) is 1.59. The summed E-state index contributed by atoms with van der Waals surface area (Å²) in [5, 5.41) is 5.92. The summed E-state index contributed by atoms with van der Waals surface area (Å²) in [6.45, 7) is 2.08. The Kier molecular flexibility index (Phi) is 4.13. The van der Waals surface area contributed by atoms with Gasteiger partial charge in [-0.25, -0.2) is 0 Å². The normalized spacial score (nSPS) is 11.7. The largest absolute Gasteiger partial charge is 0.378 e. The Labute approximate surface area is 112 Å². The summed E-state index contributed by atoms with van der Waals surface area (Å²) in [5.41, 5.74) is 2.48. The van der Waals surface area contributed by atoms with Crippen molar-refractivity contribution in [1.82, 2.24) is 10.3 Å². The van der Waals surface area contributed by atoms with Crippen LogP contribution in [0.3, 0.4) is 0 Å². The maximum Gasteiger partial charge on any atom is 0.269 e. The van der Waals surface area contributed by atoms with Crippen molar-refractivity contribution in [1.29, 1.82) is 0 Å². The van der Waals surface area contributed by atoms with Gasteiger partial charge in [0.2, 0.25) is 0 Å². The molecular formula is C15H17N3O. The van der Waals surface area contributed by atoms with Gasteiger partial charge < -0.3 is 10.6 Å². The first-order valence-corrected chi connectivity index (χ1v) is 6.20. The second kappa shape index (κ2) is 6.00. The molecule has 1 heterocycles. The van der Waals surface area contributed by atoms with Gasteiger partial charge in [0.25, 0.3) is 5.91 Å². The number of rotatable bonds is 4. The molecule has 1 amide bonds. The number of pyridine rings is 1. The van der Waals surface area contributed by atoms with Crippen LogP contribution in [0.15, 0.2) is 48.7 Å². The number of nitrogens with zero attached hydrogens (tertiary/aromatic N) is 1. The zero-order chi connectivity index (χ0) is 13.7. The third-order valence-corrected chi connectivity index (χ3v) is 2.90. The number of hydrogen-bond donors (Lipinski definition) is 2. The van der Waals surface area contributed by atoms with Gasteiger partial charge in [0.1, 0.15) is 5.69 Å². The summed E-state index contributed by atoms with van der Waals surface area (Å²) in [5.74, 6) is -0.184. The quantitative estimate of drug-likeness (QED) is 0.883. The summed E-state index contributed by atoms with van der Waals surface area (Å²) in [4.78, 5) is 15.6. The van der Waals surface area contributed by atoms with Gasteiger partial charge in [-0.15, -0.1) is 0 Å². The third-order valence-electron chi connectivity index (χ3n) is 2.90. The van der Waals surface area contributed by atoms with E-state index in [0.29, 0.717) is 5.69 Å². The van der Waals surface area contributed by atoms with Gasteiger partial charge in [-0.2, -0.15) is 0 Å². The highest BCUT2D eigenvalue weighted by molar-refractivity contribution is 5.92. The predicted octanol–water partition coefficient (Wildman–Crippen LogP) is 2.61. The lowest BCUT2D eigenvalue weighted by Crippen LogP contribution is -2.19. The lowest BCUT2D eigenvalue weighted by molar-refractivity contribution is 0.0958. The van der Waals surface area contributed by atoms with Crippen molar-refractivity contribution in [2.75, 3.05) is 12.4 Å². The van der Waals surface area contributed by atoms with E-state index in [2.05, 4.69) is 34.7 Å². The third kappa shape index (κ3) is 3.31. The van der Waals surface area contributed by atoms with Crippen LogP contribution in [0.1, 0.15) is 29.0 Å². The number of carbonyl (C=O) groups excluding carboxylic acids is 1. The fourth-order valence-corrected chi connectivity index (χ4v) is 1.85. The average Bonchev–Trinajstić information content (AvgIpc) is 2.47. The molecule has 0 aliphatic rings. The molecule has 0 spiro atoms. The number of amides is 1. The monoisotopic (exact) mass is 255 g/mol. The number of carbonyl (C=O) groups is 1. The number of nitrogens with one attached hydrogen (secondary N) is 2. The number of hydrogen-bond acceptors (Lipinski definition) is 3. The van der Waals surface area contributed by atoms with Crippen LogP contribution in [0.2, 0.25) is 0 Å². The van der Waals surface area contributed by atoms with Crippen LogP contribution in [-0.2, 0) is 0 Å². The molecule has 98 valence electrons. The maximum absolute atomic E-state index is 11.5. The molecule has 19 heavy (non-hydrogen) atoms. The SMILES string of the molecule is CNC(=O)c1cc(NC(C)c2ccccc2)ccn1. The van der Waals surface area contributed by atoms with Crippen LogP contribution in [-0.4, -0.2) is 17.9 Å². The van der Waals surface area contributed by atoms with E-state index in [1.54, 1.807) is 19.3 Å². The molecule has 4 nitrogen and oxygen atoms in total. The van der Waals surface area contributed by atoms with Crippen molar-refractivity contribution in [2.24, 2.45) is 0 Å². The van der Waals surface area contributed by atoms with Gasteiger partial charge >= 0.3 is 0 Å². The molecular weight excluding hydrogens is 238 g/mol. The molecule has 1 aromatic carbocycles. The van der Waals surface area contributed by atoms with Crippen LogP contribution >= 0.6 is 0 Å². The molecule has 2 rings (SSSR count). The second-order valence-electron chi connectivity index (χ2n) is 4.29. The minimum absolute atomic E-state index is 0.168. The average molecular weight is 255 g/mol. The Morgan fingerprint density at radius 1 is 1.21 bits per heavy atom. The zero-order valence-electron chi connectivity index (χ0n) is 11.1. The van der Waals surface area contributed by atoms with E-state index >= 15 is 0 Å². The van der Waals surface area contributed by atoms with Crippen molar-refractivity contribution in [2.45, 2.75) is 13.0 Å². The van der Waals surface area contributed by atoms with Crippen molar-refractivity contribution in [3.05, 3.63) is 59.9 Å².